The number of ether oxygens (including phenoxy) is 1. The smallest absolute Gasteiger partial charge is 0.411 e. The molecule has 1 amide bonds. The van der Waals surface area contributed by atoms with Gasteiger partial charge < -0.3 is 4.74 Å². The highest BCUT2D eigenvalue weighted by Gasteiger charge is 2.22. The van der Waals surface area contributed by atoms with Gasteiger partial charge in [0.1, 0.15) is 6.10 Å². The van der Waals surface area contributed by atoms with Gasteiger partial charge in [0.2, 0.25) is 0 Å². The fraction of sp³-hybridized carbons (Fsp3) is 0.261. The molecule has 4 rings (SSSR count). The number of benzene rings is 2. The second-order valence-corrected chi connectivity index (χ2v) is 7.83. The van der Waals surface area contributed by atoms with Crippen LogP contribution in [0.2, 0.25) is 0 Å². The van der Waals surface area contributed by atoms with Gasteiger partial charge in [-0.05, 0) is 46.9 Å². The summed E-state index contributed by atoms with van der Waals surface area (Å²) < 4.78 is 5.70. The van der Waals surface area contributed by atoms with Crippen LogP contribution >= 0.6 is 11.3 Å². The van der Waals surface area contributed by atoms with Gasteiger partial charge in [0.15, 0.2) is 0 Å². The standard InChI is InChI=1S/C23H24N2O2S/c26-23(24-22-9-5-4-8-21(22)19-6-2-1-3-7-19)27-20-10-13-25(14-11-20)16-18-12-15-28-17-18/h1-9,12,15,17,20H,10-11,13-14,16H2,(H,24,26). The van der Waals surface area contributed by atoms with E-state index in [0.717, 1.165) is 49.3 Å². The Bertz CT molecular complexity index is 888. The first-order chi connectivity index (χ1) is 13.8. The minimum absolute atomic E-state index is 0.0254. The molecular weight excluding hydrogens is 368 g/mol. The van der Waals surface area contributed by atoms with E-state index >= 15 is 0 Å². The molecule has 1 fully saturated rings. The van der Waals surface area contributed by atoms with E-state index < -0.39 is 0 Å². The van der Waals surface area contributed by atoms with Crippen molar-refractivity contribution < 1.29 is 9.53 Å². The van der Waals surface area contributed by atoms with Crippen LogP contribution in [-0.4, -0.2) is 30.2 Å². The first-order valence-corrected chi connectivity index (χ1v) is 10.6. The van der Waals surface area contributed by atoms with Crippen LogP contribution in [0.25, 0.3) is 11.1 Å². The Balaban J connectivity index is 1.31. The monoisotopic (exact) mass is 392 g/mol. The lowest BCUT2D eigenvalue weighted by Gasteiger charge is -2.31. The van der Waals surface area contributed by atoms with Crippen LogP contribution in [0, 0.1) is 0 Å². The van der Waals surface area contributed by atoms with Crippen molar-refractivity contribution >= 4 is 23.1 Å². The number of rotatable bonds is 5. The third kappa shape index (κ3) is 4.80. The maximum Gasteiger partial charge on any atom is 0.411 e. The summed E-state index contributed by atoms with van der Waals surface area (Å²) in [6.45, 7) is 2.88. The number of para-hydroxylation sites is 1. The van der Waals surface area contributed by atoms with Gasteiger partial charge in [0, 0.05) is 25.2 Å². The minimum atomic E-state index is -0.375. The molecule has 0 unspecified atom stereocenters. The zero-order valence-corrected chi connectivity index (χ0v) is 16.5. The molecule has 0 spiro atoms. The SMILES string of the molecule is O=C(Nc1ccccc1-c1ccccc1)OC1CCN(Cc2ccsc2)CC1. The molecule has 3 aromatic rings. The third-order valence-electron chi connectivity index (χ3n) is 5.04. The van der Waals surface area contributed by atoms with Gasteiger partial charge in [-0.2, -0.15) is 11.3 Å². The second kappa shape index (κ2) is 9.04. The van der Waals surface area contributed by atoms with Gasteiger partial charge in [-0.1, -0.05) is 48.5 Å². The van der Waals surface area contributed by atoms with Crippen LogP contribution in [-0.2, 0) is 11.3 Å². The number of nitrogens with zero attached hydrogens (tertiary/aromatic N) is 1. The summed E-state index contributed by atoms with van der Waals surface area (Å²) in [6.07, 6.45) is 1.35. The maximum absolute atomic E-state index is 12.5. The summed E-state index contributed by atoms with van der Waals surface area (Å²) in [5.74, 6) is 0. The Hall–Kier alpha value is -2.63. The van der Waals surface area contributed by atoms with Crippen LogP contribution in [0.5, 0.6) is 0 Å². The molecule has 0 saturated carbocycles. The predicted octanol–water partition coefficient (Wildman–Crippen LogP) is 5.63. The molecule has 1 saturated heterocycles. The normalized spacial score (nSPS) is 15.3. The van der Waals surface area contributed by atoms with Crippen LogP contribution in [0.4, 0.5) is 10.5 Å². The van der Waals surface area contributed by atoms with E-state index in [0.29, 0.717) is 0 Å². The van der Waals surface area contributed by atoms with Crippen molar-refractivity contribution in [2.24, 2.45) is 0 Å². The fourth-order valence-electron chi connectivity index (χ4n) is 3.58. The van der Waals surface area contributed by atoms with E-state index in [4.69, 9.17) is 4.74 Å². The largest absolute Gasteiger partial charge is 0.446 e. The number of carbonyl (C=O) groups is 1. The molecule has 2 heterocycles. The molecule has 0 bridgehead atoms. The van der Waals surface area contributed by atoms with Gasteiger partial charge in [-0.15, -0.1) is 0 Å². The molecule has 0 atom stereocenters. The van der Waals surface area contributed by atoms with Crippen molar-refractivity contribution in [2.75, 3.05) is 18.4 Å². The molecule has 4 nitrogen and oxygen atoms in total. The van der Waals surface area contributed by atoms with E-state index in [1.807, 2.05) is 54.6 Å². The first kappa shape index (κ1) is 18.7. The molecule has 2 aromatic carbocycles. The Labute approximate surface area is 169 Å². The second-order valence-electron chi connectivity index (χ2n) is 7.05. The predicted molar refractivity (Wildman–Crippen MR) is 115 cm³/mol. The van der Waals surface area contributed by atoms with E-state index in [1.165, 1.54) is 5.56 Å². The number of hydrogen-bond acceptors (Lipinski definition) is 4. The van der Waals surface area contributed by atoms with Crippen LogP contribution in [0.3, 0.4) is 0 Å². The van der Waals surface area contributed by atoms with Gasteiger partial charge in [0.25, 0.3) is 0 Å². The van der Waals surface area contributed by atoms with Crippen LogP contribution in [0.1, 0.15) is 18.4 Å². The lowest BCUT2D eigenvalue weighted by molar-refractivity contribution is 0.0567. The number of carbonyl (C=O) groups excluding carboxylic acids is 1. The summed E-state index contributed by atoms with van der Waals surface area (Å²) >= 11 is 1.73. The maximum atomic E-state index is 12.5. The molecule has 1 aliphatic rings. The molecule has 1 aromatic heterocycles. The highest BCUT2D eigenvalue weighted by atomic mass is 32.1. The molecule has 0 aliphatic carbocycles. The van der Waals surface area contributed by atoms with Crippen molar-refractivity contribution in [3.8, 4) is 11.1 Å². The van der Waals surface area contributed by atoms with E-state index in [-0.39, 0.29) is 12.2 Å². The van der Waals surface area contributed by atoms with Crippen molar-refractivity contribution in [2.45, 2.75) is 25.5 Å². The number of piperidine rings is 1. The molecular formula is C23H24N2O2S. The Morgan fingerprint density at radius 3 is 2.54 bits per heavy atom. The van der Waals surface area contributed by atoms with Gasteiger partial charge in [-0.3, -0.25) is 10.2 Å². The van der Waals surface area contributed by atoms with Crippen molar-refractivity contribution in [3.63, 3.8) is 0 Å². The topological polar surface area (TPSA) is 41.6 Å². The van der Waals surface area contributed by atoms with Gasteiger partial charge in [0.05, 0.1) is 5.69 Å². The average Bonchev–Trinajstić information content (AvgIpc) is 3.24. The first-order valence-electron chi connectivity index (χ1n) is 9.63. The molecule has 0 radical (unpaired) electrons. The van der Waals surface area contributed by atoms with E-state index in [2.05, 4.69) is 27.0 Å². The van der Waals surface area contributed by atoms with Crippen molar-refractivity contribution in [1.29, 1.82) is 0 Å². The van der Waals surface area contributed by atoms with E-state index in [9.17, 15) is 4.79 Å². The number of amides is 1. The summed E-state index contributed by atoms with van der Waals surface area (Å²) in [6, 6.07) is 20.0. The summed E-state index contributed by atoms with van der Waals surface area (Å²) in [4.78, 5) is 14.9. The molecule has 1 N–H and O–H groups in total. The fourth-order valence-corrected chi connectivity index (χ4v) is 4.24. The van der Waals surface area contributed by atoms with Crippen molar-refractivity contribution in [1.82, 2.24) is 4.90 Å². The number of nitrogens with one attached hydrogen (secondary N) is 1. The molecule has 1 aliphatic heterocycles. The molecule has 144 valence electrons. The summed E-state index contributed by atoms with van der Waals surface area (Å²) in [5.41, 5.74) is 4.19. The highest BCUT2D eigenvalue weighted by molar-refractivity contribution is 7.07. The number of thiophene rings is 1. The summed E-state index contributed by atoms with van der Waals surface area (Å²) in [7, 11) is 0. The van der Waals surface area contributed by atoms with Crippen LogP contribution < -0.4 is 5.32 Å². The lowest BCUT2D eigenvalue weighted by Crippen LogP contribution is -2.38. The zero-order chi connectivity index (χ0) is 19.2. The zero-order valence-electron chi connectivity index (χ0n) is 15.7. The quantitative estimate of drug-likeness (QED) is 0.612. The minimum Gasteiger partial charge on any atom is -0.446 e. The average molecular weight is 393 g/mol. The summed E-state index contributed by atoms with van der Waals surface area (Å²) in [5, 5.41) is 7.24. The highest BCUT2D eigenvalue weighted by Crippen LogP contribution is 2.28. The third-order valence-corrected chi connectivity index (χ3v) is 5.78. The molecule has 5 heteroatoms. The number of hydrogen-bond donors (Lipinski definition) is 1. The van der Waals surface area contributed by atoms with Crippen molar-refractivity contribution in [3.05, 3.63) is 77.0 Å². The lowest BCUT2D eigenvalue weighted by atomic mass is 10.0. The molecule has 28 heavy (non-hydrogen) atoms. The van der Waals surface area contributed by atoms with E-state index in [1.54, 1.807) is 11.3 Å². The Morgan fingerprint density at radius 2 is 1.79 bits per heavy atom. The number of anilines is 1. The van der Waals surface area contributed by atoms with Gasteiger partial charge >= 0.3 is 6.09 Å². The number of likely N-dealkylation sites (tertiary alicyclic amines) is 1. The van der Waals surface area contributed by atoms with Crippen LogP contribution in [0.15, 0.2) is 71.4 Å². The Kier molecular flexibility index (Phi) is 6.04. The Morgan fingerprint density at radius 1 is 1.04 bits per heavy atom. The van der Waals surface area contributed by atoms with Gasteiger partial charge in [-0.25, -0.2) is 4.79 Å².